The van der Waals surface area contributed by atoms with Gasteiger partial charge >= 0.3 is 6.09 Å². The third-order valence-electron chi connectivity index (χ3n) is 4.14. The Morgan fingerprint density at radius 2 is 1.92 bits per heavy atom. The number of nitrogens with one attached hydrogen (secondary N) is 2. The van der Waals surface area contributed by atoms with Crippen molar-refractivity contribution >= 4 is 17.0 Å². The van der Waals surface area contributed by atoms with Crippen LogP contribution in [0.5, 0.6) is 0 Å². The Kier molecular flexibility index (Phi) is 4.98. The van der Waals surface area contributed by atoms with Crippen molar-refractivity contribution < 1.29 is 9.53 Å². The lowest BCUT2D eigenvalue weighted by molar-refractivity contribution is 0.0526. The van der Waals surface area contributed by atoms with Crippen molar-refractivity contribution in [3.63, 3.8) is 0 Å². The van der Waals surface area contributed by atoms with Gasteiger partial charge in [-0.2, -0.15) is 5.10 Å². The molecule has 1 atom stereocenters. The summed E-state index contributed by atoms with van der Waals surface area (Å²) >= 11 is 0. The monoisotopic (exact) mass is 351 g/mol. The molecule has 0 saturated carbocycles. The maximum atomic E-state index is 12.1. The van der Waals surface area contributed by atoms with Gasteiger partial charge in [0.05, 0.1) is 11.2 Å². The van der Waals surface area contributed by atoms with Crippen LogP contribution in [0.25, 0.3) is 10.9 Å². The number of hydrogen-bond donors (Lipinski definition) is 2. The smallest absolute Gasteiger partial charge is 0.407 e. The zero-order valence-electron chi connectivity index (χ0n) is 15.7. The lowest BCUT2D eigenvalue weighted by Crippen LogP contribution is -2.35. The van der Waals surface area contributed by atoms with E-state index in [2.05, 4.69) is 45.8 Å². The summed E-state index contributed by atoms with van der Waals surface area (Å²) in [5, 5.41) is 11.6. The minimum atomic E-state index is -0.523. The van der Waals surface area contributed by atoms with E-state index >= 15 is 0 Å². The Labute approximate surface area is 153 Å². The number of rotatable bonds is 4. The highest BCUT2D eigenvalue weighted by molar-refractivity contribution is 5.83. The van der Waals surface area contributed by atoms with E-state index in [4.69, 9.17) is 4.74 Å². The van der Waals surface area contributed by atoms with E-state index in [9.17, 15) is 4.79 Å². The molecule has 2 N–H and O–H groups in total. The Bertz CT molecular complexity index is 895. The fourth-order valence-corrected chi connectivity index (χ4v) is 2.98. The van der Waals surface area contributed by atoms with Crippen LogP contribution in [-0.4, -0.2) is 28.4 Å². The summed E-state index contributed by atoms with van der Waals surface area (Å²) in [6.45, 7) is 8.03. The van der Waals surface area contributed by atoms with Gasteiger partial charge in [0.2, 0.25) is 0 Å². The fourth-order valence-electron chi connectivity index (χ4n) is 2.98. The quantitative estimate of drug-likeness (QED) is 0.726. The zero-order chi connectivity index (χ0) is 18.7. The third-order valence-corrected chi connectivity index (χ3v) is 4.14. The Balaban J connectivity index is 1.90. The lowest BCUT2D eigenvalue weighted by atomic mass is 9.93. The van der Waals surface area contributed by atoms with Crippen LogP contribution in [0.1, 0.15) is 43.5 Å². The predicted molar refractivity (Wildman–Crippen MR) is 103 cm³/mol. The van der Waals surface area contributed by atoms with Crippen LogP contribution in [0.2, 0.25) is 0 Å². The molecule has 0 spiro atoms. The maximum Gasteiger partial charge on any atom is 0.407 e. The number of nitrogens with zero attached hydrogens (tertiary/aromatic N) is 1. The molecular formula is C21H25N3O2. The topological polar surface area (TPSA) is 67.0 Å². The van der Waals surface area contributed by atoms with E-state index in [-0.39, 0.29) is 5.92 Å². The van der Waals surface area contributed by atoms with Crippen molar-refractivity contribution in [1.29, 1.82) is 0 Å². The van der Waals surface area contributed by atoms with Gasteiger partial charge in [-0.25, -0.2) is 4.79 Å². The number of alkyl carbamates (subject to hydrolysis) is 1. The molecule has 5 nitrogen and oxygen atoms in total. The average molecular weight is 351 g/mol. The molecule has 0 saturated heterocycles. The molecule has 0 bridgehead atoms. The summed E-state index contributed by atoms with van der Waals surface area (Å²) < 4.78 is 5.37. The Hall–Kier alpha value is -2.82. The van der Waals surface area contributed by atoms with Crippen LogP contribution in [-0.2, 0) is 4.74 Å². The zero-order valence-corrected chi connectivity index (χ0v) is 15.7. The van der Waals surface area contributed by atoms with E-state index in [1.165, 1.54) is 5.56 Å². The van der Waals surface area contributed by atoms with E-state index in [0.29, 0.717) is 6.54 Å². The Morgan fingerprint density at radius 1 is 1.19 bits per heavy atom. The molecular weight excluding hydrogens is 326 g/mol. The first-order valence-corrected chi connectivity index (χ1v) is 8.80. The molecule has 26 heavy (non-hydrogen) atoms. The summed E-state index contributed by atoms with van der Waals surface area (Å²) in [5.41, 5.74) is 3.67. The van der Waals surface area contributed by atoms with Crippen LogP contribution in [0.3, 0.4) is 0 Å². The molecule has 3 rings (SSSR count). The molecule has 0 fully saturated rings. The molecule has 1 amide bonds. The first kappa shape index (κ1) is 18.0. The molecule has 0 radical (unpaired) electrons. The normalized spacial score (nSPS) is 12.8. The standard InChI is InChI=1S/C21H25N3O2/c1-14-10-11-16-18(12-14)23-24-19(16)17(15-8-6-5-7-9-15)13-22-20(25)26-21(2,3)4/h5-12,17H,13H2,1-4H3,(H,22,25)(H,23,24). The Morgan fingerprint density at radius 3 is 2.62 bits per heavy atom. The van der Waals surface area contributed by atoms with Gasteiger partial charge in [-0.1, -0.05) is 42.5 Å². The van der Waals surface area contributed by atoms with Crippen LogP contribution in [0.15, 0.2) is 48.5 Å². The lowest BCUT2D eigenvalue weighted by Gasteiger charge is -2.22. The molecule has 2 aromatic carbocycles. The first-order chi connectivity index (χ1) is 12.3. The molecule has 0 aliphatic rings. The number of carbonyl (C=O) groups is 1. The van der Waals surface area contributed by atoms with Crippen LogP contribution >= 0.6 is 0 Å². The highest BCUT2D eigenvalue weighted by atomic mass is 16.6. The van der Waals surface area contributed by atoms with Crippen LogP contribution < -0.4 is 5.32 Å². The number of benzene rings is 2. The van der Waals surface area contributed by atoms with Crippen molar-refractivity contribution in [1.82, 2.24) is 15.5 Å². The number of ether oxygens (including phenoxy) is 1. The number of H-pyrrole nitrogens is 1. The highest BCUT2D eigenvalue weighted by Crippen LogP contribution is 2.29. The average Bonchev–Trinajstić information content (AvgIpc) is 2.97. The maximum absolute atomic E-state index is 12.1. The van der Waals surface area contributed by atoms with Gasteiger partial charge in [0.25, 0.3) is 0 Å². The number of hydrogen-bond acceptors (Lipinski definition) is 3. The third kappa shape index (κ3) is 4.23. The predicted octanol–water partition coefficient (Wildman–Crippen LogP) is 4.53. The second-order valence-corrected chi connectivity index (χ2v) is 7.50. The number of fused-ring (bicyclic) bond motifs is 1. The molecule has 1 unspecified atom stereocenters. The van der Waals surface area contributed by atoms with Crippen molar-refractivity contribution in [2.45, 2.75) is 39.2 Å². The number of carbonyl (C=O) groups excluding carboxylic acids is 1. The van der Waals surface area contributed by atoms with Crippen molar-refractivity contribution in [2.24, 2.45) is 0 Å². The number of aromatic amines is 1. The summed E-state index contributed by atoms with van der Waals surface area (Å²) in [5.74, 6) is -0.0450. The second kappa shape index (κ2) is 7.20. The molecule has 136 valence electrons. The van der Waals surface area contributed by atoms with Gasteiger partial charge in [0.15, 0.2) is 0 Å². The fraction of sp³-hybridized carbons (Fsp3) is 0.333. The molecule has 0 aliphatic carbocycles. The largest absolute Gasteiger partial charge is 0.444 e. The van der Waals surface area contributed by atoms with Crippen LogP contribution in [0.4, 0.5) is 4.79 Å². The van der Waals surface area contributed by atoms with Gasteiger partial charge in [-0.3, -0.25) is 5.10 Å². The van der Waals surface area contributed by atoms with Gasteiger partial charge in [-0.05, 0) is 44.9 Å². The number of amides is 1. The van der Waals surface area contributed by atoms with Gasteiger partial charge in [-0.15, -0.1) is 0 Å². The minimum Gasteiger partial charge on any atom is -0.444 e. The highest BCUT2D eigenvalue weighted by Gasteiger charge is 2.22. The van der Waals surface area contributed by atoms with Gasteiger partial charge in [0.1, 0.15) is 5.60 Å². The van der Waals surface area contributed by atoms with Crippen LogP contribution in [0, 0.1) is 6.92 Å². The number of aryl methyl sites for hydroxylation is 1. The van der Waals surface area contributed by atoms with E-state index in [0.717, 1.165) is 22.2 Å². The van der Waals surface area contributed by atoms with Crippen molar-refractivity contribution in [3.8, 4) is 0 Å². The van der Waals surface area contributed by atoms with Gasteiger partial charge < -0.3 is 10.1 Å². The summed E-state index contributed by atoms with van der Waals surface area (Å²) in [4.78, 5) is 12.1. The van der Waals surface area contributed by atoms with E-state index in [1.807, 2.05) is 45.9 Å². The second-order valence-electron chi connectivity index (χ2n) is 7.50. The molecule has 3 aromatic rings. The molecule has 1 aromatic heterocycles. The van der Waals surface area contributed by atoms with Gasteiger partial charge in [0, 0.05) is 17.8 Å². The number of aromatic nitrogens is 2. The summed E-state index contributed by atoms with van der Waals surface area (Å²) in [6, 6.07) is 16.3. The SMILES string of the molecule is Cc1ccc2c(C(CNC(=O)OC(C)(C)C)c3ccccc3)[nH]nc2c1. The van der Waals surface area contributed by atoms with E-state index in [1.54, 1.807) is 0 Å². The minimum absolute atomic E-state index is 0.0450. The van der Waals surface area contributed by atoms with Crippen molar-refractivity contribution in [3.05, 3.63) is 65.4 Å². The molecule has 0 aliphatic heterocycles. The molecule has 5 heteroatoms. The first-order valence-electron chi connectivity index (χ1n) is 8.80. The summed E-state index contributed by atoms with van der Waals surface area (Å²) in [7, 11) is 0. The van der Waals surface area contributed by atoms with E-state index < -0.39 is 11.7 Å². The summed E-state index contributed by atoms with van der Waals surface area (Å²) in [6.07, 6.45) is -0.418. The molecule has 1 heterocycles. The van der Waals surface area contributed by atoms with Crippen molar-refractivity contribution in [2.75, 3.05) is 6.54 Å².